The van der Waals surface area contributed by atoms with Crippen LogP contribution in [-0.2, 0) is 13.6 Å². The fourth-order valence-electron chi connectivity index (χ4n) is 2.87. The lowest BCUT2D eigenvalue weighted by molar-refractivity contribution is 0.202. The van der Waals surface area contributed by atoms with Crippen molar-refractivity contribution in [3.05, 3.63) is 0 Å². The molecule has 0 saturated heterocycles. The lowest BCUT2D eigenvalue weighted by Gasteiger charge is -2.14. The van der Waals surface area contributed by atoms with E-state index in [1.165, 1.54) is 51.4 Å². The SMILES string of the molecule is CC(C)CCCCCCCOP(C)(=O)OCCCCCCCC(C)C. The van der Waals surface area contributed by atoms with Crippen LogP contribution >= 0.6 is 7.60 Å². The Hall–Kier alpha value is 0.150. The molecule has 0 radical (unpaired) electrons. The van der Waals surface area contributed by atoms with E-state index >= 15 is 0 Å². The molecule has 4 heteroatoms. The molecule has 0 fully saturated rings. The second-order valence-corrected chi connectivity index (χ2v) is 10.4. The first-order valence-corrected chi connectivity index (χ1v) is 12.7. The van der Waals surface area contributed by atoms with Crippen molar-refractivity contribution >= 4 is 7.60 Å². The number of hydrogen-bond donors (Lipinski definition) is 0. The zero-order valence-electron chi connectivity index (χ0n) is 17.7. The van der Waals surface area contributed by atoms with Crippen LogP contribution in [0, 0.1) is 11.8 Å². The minimum Gasteiger partial charge on any atom is -0.309 e. The minimum absolute atomic E-state index is 0.563. The number of rotatable bonds is 18. The van der Waals surface area contributed by atoms with Crippen molar-refractivity contribution in [1.82, 2.24) is 0 Å². The molecule has 0 N–H and O–H groups in total. The van der Waals surface area contributed by atoms with Crippen LogP contribution in [0.4, 0.5) is 0 Å². The molecule has 152 valence electrons. The van der Waals surface area contributed by atoms with Crippen molar-refractivity contribution < 1.29 is 13.6 Å². The van der Waals surface area contributed by atoms with Gasteiger partial charge in [0.05, 0.1) is 13.2 Å². The van der Waals surface area contributed by atoms with E-state index in [-0.39, 0.29) is 0 Å². The lowest BCUT2D eigenvalue weighted by Crippen LogP contribution is -1.98. The van der Waals surface area contributed by atoms with E-state index < -0.39 is 7.60 Å². The van der Waals surface area contributed by atoms with Gasteiger partial charge < -0.3 is 9.05 Å². The fourth-order valence-corrected chi connectivity index (χ4v) is 3.86. The molecule has 0 aliphatic rings. The number of unbranched alkanes of at least 4 members (excludes halogenated alkanes) is 8. The molecule has 0 aromatic carbocycles. The summed E-state index contributed by atoms with van der Waals surface area (Å²) in [5.74, 6) is 1.62. The smallest absolute Gasteiger partial charge is 0.309 e. The highest BCUT2D eigenvalue weighted by Crippen LogP contribution is 2.44. The Balaban J connectivity index is 3.39. The summed E-state index contributed by atoms with van der Waals surface area (Å²) in [4.78, 5) is 0. The molecule has 0 heterocycles. The average Bonchev–Trinajstić information content (AvgIpc) is 2.51. The van der Waals surface area contributed by atoms with Gasteiger partial charge in [-0.3, -0.25) is 4.57 Å². The van der Waals surface area contributed by atoms with Gasteiger partial charge in [-0.1, -0.05) is 91.9 Å². The fraction of sp³-hybridized carbons (Fsp3) is 1.00. The minimum atomic E-state index is -2.84. The van der Waals surface area contributed by atoms with E-state index in [9.17, 15) is 4.57 Å². The van der Waals surface area contributed by atoms with Gasteiger partial charge in [-0.05, 0) is 24.7 Å². The van der Waals surface area contributed by atoms with Gasteiger partial charge in [0.2, 0.25) is 0 Å². The second kappa shape index (κ2) is 16.3. The van der Waals surface area contributed by atoms with E-state index in [4.69, 9.17) is 9.05 Å². The van der Waals surface area contributed by atoms with E-state index in [2.05, 4.69) is 27.7 Å². The molecule has 0 amide bonds. The molecule has 0 unspecified atom stereocenters. The molecule has 0 saturated carbocycles. The summed E-state index contributed by atoms with van der Waals surface area (Å²) in [6, 6.07) is 0. The zero-order valence-corrected chi connectivity index (χ0v) is 18.6. The van der Waals surface area contributed by atoms with Gasteiger partial charge in [-0.2, -0.15) is 0 Å². The van der Waals surface area contributed by atoms with Crippen molar-refractivity contribution in [3.8, 4) is 0 Å². The van der Waals surface area contributed by atoms with Crippen molar-refractivity contribution in [1.29, 1.82) is 0 Å². The topological polar surface area (TPSA) is 35.5 Å². The summed E-state index contributed by atoms with van der Waals surface area (Å²) in [5, 5.41) is 0. The highest BCUT2D eigenvalue weighted by atomic mass is 31.2. The lowest BCUT2D eigenvalue weighted by atomic mass is 10.0. The van der Waals surface area contributed by atoms with E-state index in [1.54, 1.807) is 6.66 Å². The summed E-state index contributed by atoms with van der Waals surface area (Å²) < 4.78 is 23.1. The van der Waals surface area contributed by atoms with Crippen molar-refractivity contribution in [3.63, 3.8) is 0 Å². The summed E-state index contributed by atoms with van der Waals surface area (Å²) in [6.07, 6.45) is 14.7. The molecule has 0 aromatic heterocycles. The third-order valence-corrected chi connectivity index (χ3v) is 5.81. The maximum atomic E-state index is 12.2. The molecule has 0 rings (SSSR count). The predicted molar refractivity (Wildman–Crippen MR) is 111 cm³/mol. The Morgan fingerprint density at radius 3 is 1.28 bits per heavy atom. The first kappa shape index (κ1) is 25.1. The zero-order chi connectivity index (χ0) is 19.0. The Morgan fingerprint density at radius 2 is 0.920 bits per heavy atom. The normalized spacial score (nSPS) is 12.4. The quantitative estimate of drug-likeness (QED) is 0.180. The molecule has 0 bridgehead atoms. The van der Waals surface area contributed by atoms with Crippen molar-refractivity contribution in [2.75, 3.05) is 19.9 Å². The average molecular weight is 377 g/mol. The van der Waals surface area contributed by atoms with Crippen molar-refractivity contribution in [2.24, 2.45) is 11.8 Å². The molecule has 25 heavy (non-hydrogen) atoms. The highest BCUT2D eigenvalue weighted by molar-refractivity contribution is 7.52. The summed E-state index contributed by atoms with van der Waals surface area (Å²) in [6.45, 7) is 11.8. The van der Waals surface area contributed by atoms with Crippen LogP contribution in [0.1, 0.15) is 105 Å². The van der Waals surface area contributed by atoms with Gasteiger partial charge in [0.1, 0.15) is 0 Å². The van der Waals surface area contributed by atoms with Crippen LogP contribution in [0.15, 0.2) is 0 Å². The van der Waals surface area contributed by atoms with Crippen LogP contribution in [0.3, 0.4) is 0 Å². The van der Waals surface area contributed by atoms with Gasteiger partial charge in [0.25, 0.3) is 0 Å². The van der Waals surface area contributed by atoms with Crippen molar-refractivity contribution in [2.45, 2.75) is 105 Å². The molecular weight excluding hydrogens is 331 g/mol. The first-order valence-electron chi connectivity index (χ1n) is 10.7. The van der Waals surface area contributed by atoms with E-state index in [0.29, 0.717) is 13.2 Å². The van der Waals surface area contributed by atoms with E-state index in [1.807, 2.05) is 0 Å². The van der Waals surface area contributed by atoms with Crippen LogP contribution in [0.2, 0.25) is 0 Å². The molecule has 0 aliphatic carbocycles. The summed E-state index contributed by atoms with van der Waals surface area (Å²) in [5.41, 5.74) is 0. The highest BCUT2D eigenvalue weighted by Gasteiger charge is 2.15. The summed E-state index contributed by atoms with van der Waals surface area (Å²) >= 11 is 0. The van der Waals surface area contributed by atoms with Crippen LogP contribution < -0.4 is 0 Å². The van der Waals surface area contributed by atoms with Crippen LogP contribution in [0.25, 0.3) is 0 Å². The Bertz CT molecular complexity index is 301. The van der Waals surface area contributed by atoms with Gasteiger partial charge in [-0.25, -0.2) is 0 Å². The predicted octanol–water partition coefficient (Wildman–Crippen LogP) is 7.84. The third kappa shape index (κ3) is 20.3. The first-order chi connectivity index (χ1) is 11.8. The molecule has 0 spiro atoms. The summed E-state index contributed by atoms with van der Waals surface area (Å²) in [7, 11) is -2.84. The second-order valence-electron chi connectivity index (χ2n) is 8.34. The van der Waals surface area contributed by atoms with Crippen LogP contribution in [0.5, 0.6) is 0 Å². The molecule has 0 atom stereocenters. The van der Waals surface area contributed by atoms with Crippen LogP contribution in [-0.4, -0.2) is 19.9 Å². The molecule has 0 aliphatic heterocycles. The Morgan fingerprint density at radius 1 is 0.600 bits per heavy atom. The van der Waals surface area contributed by atoms with Gasteiger partial charge in [-0.15, -0.1) is 0 Å². The standard InChI is InChI=1S/C21H45O3P/c1-20(2)16-12-8-6-10-14-18-23-25(5,22)24-19-15-11-7-9-13-17-21(3)4/h20-21H,6-19H2,1-5H3. The third-order valence-electron chi connectivity index (χ3n) is 4.50. The maximum absolute atomic E-state index is 12.2. The van der Waals surface area contributed by atoms with Gasteiger partial charge in [0.15, 0.2) is 0 Å². The number of hydrogen-bond acceptors (Lipinski definition) is 3. The molecular formula is C21H45O3P. The largest absolute Gasteiger partial charge is 0.327 e. The Labute approximate surface area is 158 Å². The molecule has 3 nitrogen and oxygen atoms in total. The Kier molecular flexibility index (Phi) is 16.4. The van der Waals surface area contributed by atoms with Gasteiger partial charge >= 0.3 is 7.60 Å². The maximum Gasteiger partial charge on any atom is 0.327 e. The molecule has 0 aromatic rings. The van der Waals surface area contributed by atoms with Gasteiger partial charge in [0, 0.05) is 6.66 Å². The monoisotopic (exact) mass is 376 g/mol. The van der Waals surface area contributed by atoms with E-state index in [0.717, 1.165) is 37.5 Å².